The van der Waals surface area contributed by atoms with Crippen molar-refractivity contribution in [2.24, 2.45) is 0 Å². The predicted molar refractivity (Wildman–Crippen MR) is 58.8 cm³/mol. The third-order valence-electron chi connectivity index (χ3n) is 2.27. The summed E-state index contributed by atoms with van der Waals surface area (Å²) in [7, 11) is 1.66. The Morgan fingerprint density at radius 2 is 2.07 bits per heavy atom. The van der Waals surface area contributed by atoms with Gasteiger partial charge in [0.05, 0.1) is 19.0 Å². The molecule has 0 N–H and O–H groups in total. The molecule has 3 heteroatoms. The van der Waals surface area contributed by atoms with Crippen LogP contribution in [0.25, 0.3) is 11.3 Å². The van der Waals surface area contributed by atoms with Gasteiger partial charge in [0.1, 0.15) is 5.75 Å². The van der Waals surface area contributed by atoms with Crippen molar-refractivity contribution in [3.63, 3.8) is 0 Å². The van der Waals surface area contributed by atoms with E-state index in [0.717, 1.165) is 22.6 Å². The van der Waals surface area contributed by atoms with Gasteiger partial charge in [-0.1, -0.05) is 0 Å². The monoisotopic (exact) mass is 200 g/mol. The van der Waals surface area contributed by atoms with Crippen molar-refractivity contribution in [1.82, 2.24) is 9.97 Å². The van der Waals surface area contributed by atoms with Gasteiger partial charge in [0, 0.05) is 18.0 Å². The van der Waals surface area contributed by atoms with E-state index in [0.29, 0.717) is 0 Å². The molecule has 0 bridgehead atoms. The molecule has 0 radical (unpaired) electrons. The van der Waals surface area contributed by atoms with Crippen LogP contribution in [0.4, 0.5) is 0 Å². The van der Waals surface area contributed by atoms with Crippen LogP contribution in [-0.2, 0) is 0 Å². The molecular formula is C12H12N2O. The summed E-state index contributed by atoms with van der Waals surface area (Å²) in [6, 6.07) is 5.92. The number of ether oxygens (including phenoxy) is 1. The first-order valence-corrected chi connectivity index (χ1v) is 4.72. The molecule has 0 amide bonds. The Morgan fingerprint density at radius 3 is 2.67 bits per heavy atom. The van der Waals surface area contributed by atoms with Crippen molar-refractivity contribution in [3.8, 4) is 17.0 Å². The molecule has 76 valence electrons. The second kappa shape index (κ2) is 4.09. The van der Waals surface area contributed by atoms with E-state index in [9.17, 15) is 0 Å². The summed E-state index contributed by atoms with van der Waals surface area (Å²) in [5.41, 5.74) is 3.11. The third kappa shape index (κ3) is 1.96. The molecule has 3 nitrogen and oxygen atoms in total. The smallest absolute Gasteiger partial charge is 0.119 e. The topological polar surface area (TPSA) is 35.0 Å². The Kier molecular flexibility index (Phi) is 2.63. The molecule has 0 aliphatic heterocycles. The quantitative estimate of drug-likeness (QED) is 0.747. The number of aromatic nitrogens is 2. The van der Waals surface area contributed by atoms with Gasteiger partial charge in [0.25, 0.3) is 0 Å². The van der Waals surface area contributed by atoms with E-state index in [1.807, 2.05) is 25.1 Å². The number of methoxy groups -OCH3 is 1. The summed E-state index contributed by atoms with van der Waals surface area (Å²) < 4.78 is 5.15. The van der Waals surface area contributed by atoms with Crippen LogP contribution < -0.4 is 4.74 Å². The number of aryl methyl sites for hydroxylation is 1. The molecule has 0 aliphatic carbocycles. The van der Waals surface area contributed by atoms with Gasteiger partial charge in [0.15, 0.2) is 0 Å². The highest BCUT2D eigenvalue weighted by atomic mass is 16.5. The molecule has 0 saturated heterocycles. The highest BCUT2D eigenvalue weighted by Gasteiger charge is 2.03. The molecule has 2 aromatic rings. The Hall–Kier alpha value is -1.90. The molecule has 0 aliphatic rings. The van der Waals surface area contributed by atoms with Crippen LogP contribution in [0, 0.1) is 6.92 Å². The van der Waals surface area contributed by atoms with E-state index in [2.05, 4.69) is 9.97 Å². The van der Waals surface area contributed by atoms with Crippen LogP contribution in [0.1, 0.15) is 5.56 Å². The first-order chi connectivity index (χ1) is 7.31. The van der Waals surface area contributed by atoms with Crippen molar-refractivity contribution >= 4 is 0 Å². The highest BCUT2D eigenvalue weighted by Crippen LogP contribution is 2.24. The average Bonchev–Trinajstić information content (AvgIpc) is 2.30. The summed E-state index contributed by atoms with van der Waals surface area (Å²) >= 11 is 0. The first-order valence-electron chi connectivity index (χ1n) is 4.72. The van der Waals surface area contributed by atoms with Crippen molar-refractivity contribution in [2.45, 2.75) is 6.92 Å². The zero-order valence-corrected chi connectivity index (χ0v) is 8.77. The van der Waals surface area contributed by atoms with Gasteiger partial charge in [-0.15, -0.1) is 0 Å². The van der Waals surface area contributed by atoms with Crippen molar-refractivity contribution in [1.29, 1.82) is 0 Å². The first kappa shape index (κ1) is 9.65. The summed E-state index contributed by atoms with van der Waals surface area (Å²) in [4.78, 5) is 8.31. The fraction of sp³-hybridized carbons (Fsp3) is 0.167. The van der Waals surface area contributed by atoms with Gasteiger partial charge >= 0.3 is 0 Å². The molecule has 1 heterocycles. The second-order valence-corrected chi connectivity index (χ2v) is 3.27. The van der Waals surface area contributed by atoms with Gasteiger partial charge in [-0.05, 0) is 30.7 Å². The Bertz CT molecular complexity index is 454. The van der Waals surface area contributed by atoms with Crippen molar-refractivity contribution in [3.05, 3.63) is 42.4 Å². The van der Waals surface area contributed by atoms with Crippen LogP contribution >= 0.6 is 0 Å². The number of rotatable bonds is 2. The molecule has 0 unspecified atom stereocenters. The van der Waals surface area contributed by atoms with Crippen molar-refractivity contribution < 1.29 is 4.74 Å². The normalized spacial score (nSPS) is 10.0. The Labute approximate surface area is 88.8 Å². The maximum absolute atomic E-state index is 5.15. The van der Waals surface area contributed by atoms with E-state index in [4.69, 9.17) is 4.74 Å². The van der Waals surface area contributed by atoms with Crippen LogP contribution in [-0.4, -0.2) is 17.1 Å². The zero-order chi connectivity index (χ0) is 10.7. The number of hydrogen-bond acceptors (Lipinski definition) is 3. The van der Waals surface area contributed by atoms with Crippen LogP contribution in [0.15, 0.2) is 36.8 Å². The van der Waals surface area contributed by atoms with Gasteiger partial charge in [-0.2, -0.15) is 0 Å². The largest absolute Gasteiger partial charge is 0.497 e. The summed E-state index contributed by atoms with van der Waals surface area (Å²) in [5, 5.41) is 0. The van der Waals surface area contributed by atoms with E-state index in [-0.39, 0.29) is 0 Å². The second-order valence-electron chi connectivity index (χ2n) is 3.27. The molecule has 1 aromatic carbocycles. The van der Waals surface area contributed by atoms with Gasteiger partial charge < -0.3 is 4.74 Å². The fourth-order valence-corrected chi connectivity index (χ4v) is 1.49. The van der Waals surface area contributed by atoms with Crippen molar-refractivity contribution in [2.75, 3.05) is 7.11 Å². The standard InChI is InChI=1S/C12H12N2O/c1-9-7-10(15-2)3-4-11(9)12-8-13-5-6-14-12/h3-8H,1-2H3. The number of nitrogens with zero attached hydrogens (tertiary/aromatic N) is 2. The fourth-order valence-electron chi connectivity index (χ4n) is 1.49. The summed E-state index contributed by atoms with van der Waals surface area (Å²) in [6.07, 6.45) is 5.12. The molecule has 0 fully saturated rings. The van der Waals surface area contributed by atoms with E-state index < -0.39 is 0 Å². The lowest BCUT2D eigenvalue weighted by Crippen LogP contribution is -1.89. The Morgan fingerprint density at radius 1 is 1.20 bits per heavy atom. The van der Waals surface area contributed by atoms with Gasteiger partial charge in [0.2, 0.25) is 0 Å². The average molecular weight is 200 g/mol. The number of benzene rings is 1. The van der Waals surface area contributed by atoms with E-state index in [1.54, 1.807) is 25.7 Å². The van der Waals surface area contributed by atoms with E-state index >= 15 is 0 Å². The highest BCUT2D eigenvalue weighted by molar-refractivity contribution is 5.63. The SMILES string of the molecule is COc1ccc(-c2cnccn2)c(C)c1. The third-order valence-corrected chi connectivity index (χ3v) is 2.27. The molecule has 0 spiro atoms. The maximum atomic E-state index is 5.15. The van der Waals surface area contributed by atoms with Crippen LogP contribution in [0.5, 0.6) is 5.75 Å². The van der Waals surface area contributed by atoms with E-state index in [1.165, 1.54) is 0 Å². The van der Waals surface area contributed by atoms with Crippen LogP contribution in [0.3, 0.4) is 0 Å². The molecule has 0 saturated carbocycles. The van der Waals surface area contributed by atoms with Gasteiger partial charge in [-0.25, -0.2) is 0 Å². The summed E-state index contributed by atoms with van der Waals surface area (Å²) in [5.74, 6) is 0.861. The minimum Gasteiger partial charge on any atom is -0.497 e. The molecule has 2 rings (SSSR count). The molecule has 0 atom stereocenters. The maximum Gasteiger partial charge on any atom is 0.119 e. The lowest BCUT2D eigenvalue weighted by molar-refractivity contribution is 0.414. The minimum atomic E-state index is 0.861. The summed E-state index contributed by atoms with van der Waals surface area (Å²) in [6.45, 7) is 2.03. The molecular weight excluding hydrogens is 188 g/mol. The lowest BCUT2D eigenvalue weighted by atomic mass is 10.1. The number of hydrogen-bond donors (Lipinski definition) is 0. The zero-order valence-electron chi connectivity index (χ0n) is 8.77. The van der Waals surface area contributed by atoms with Crippen LogP contribution in [0.2, 0.25) is 0 Å². The molecule has 15 heavy (non-hydrogen) atoms. The Balaban J connectivity index is 2.46. The predicted octanol–water partition coefficient (Wildman–Crippen LogP) is 2.46. The molecule has 1 aromatic heterocycles. The van der Waals surface area contributed by atoms with Gasteiger partial charge in [-0.3, -0.25) is 9.97 Å². The lowest BCUT2D eigenvalue weighted by Gasteiger charge is -2.06. The minimum absolute atomic E-state index is 0.861.